The molecule has 76 heavy (non-hydrogen) atoms. The number of pyridine rings is 1. The molecule has 13 rings (SSSR count). The summed E-state index contributed by atoms with van der Waals surface area (Å²) >= 11 is 2.51. The Morgan fingerprint density at radius 3 is 1.67 bits per heavy atom. The monoisotopic (exact) mass is 1160 g/mol. The molecule has 0 spiro atoms. The topological polar surface area (TPSA) is 40.1 Å². The van der Waals surface area contributed by atoms with Crippen LogP contribution in [-0.4, -0.2) is 18.7 Å². The zero-order chi connectivity index (χ0) is 51.9. The molecule has 0 radical (unpaired) electrons. The van der Waals surface area contributed by atoms with Gasteiger partial charge in [0.2, 0.25) is 0 Å². The summed E-state index contributed by atoms with van der Waals surface area (Å²) < 4.78 is 15.0. The van der Waals surface area contributed by atoms with Crippen molar-refractivity contribution >= 4 is 44.3 Å². The number of anilines is 2. The van der Waals surface area contributed by atoms with Crippen molar-refractivity contribution < 1.29 is 24.1 Å². The fourth-order valence-corrected chi connectivity index (χ4v) is 12.1. The van der Waals surface area contributed by atoms with Crippen LogP contribution in [0.4, 0.5) is 11.5 Å². The molecule has 0 amide bonds. The molecule has 1 aliphatic rings. The second-order valence-electron chi connectivity index (χ2n) is 21.8. The second-order valence-corrected chi connectivity index (χ2v) is 22.9. The van der Waals surface area contributed by atoms with Gasteiger partial charge in [-0.2, -0.15) is 0 Å². The minimum atomic E-state index is -0.0846. The maximum absolute atomic E-state index is 6.86. The Kier molecular flexibility index (Phi) is 11.5. The first-order valence-corrected chi connectivity index (χ1v) is 27.1. The van der Waals surface area contributed by atoms with E-state index in [1.54, 1.807) is 0 Å². The van der Waals surface area contributed by atoms with Crippen LogP contribution in [-0.2, 0) is 36.7 Å². The number of nitrogens with zero attached hydrogens (tertiary/aromatic N) is 5. The van der Waals surface area contributed by atoms with Crippen molar-refractivity contribution in [2.24, 2.45) is 0 Å². The molecule has 0 fully saturated rings. The summed E-state index contributed by atoms with van der Waals surface area (Å²) in [6.07, 6.45) is 1.93. The molecule has 0 saturated carbocycles. The Morgan fingerprint density at radius 2 is 1.04 bits per heavy atom. The van der Waals surface area contributed by atoms with Gasteiger partial charge in [0.1, 0.15) is 0 Å². The van der Waals surface area contributed by atoms with E-state index in [9.17, 15) is 0 Å². The van der Waals surface area contributed by atoms with Crippen molar-refractivity contribution in [1.29, 1.82) is 0 Å². The summed E-state index contributed by atoms with van der Waals surface area (Å²) in [6, 6.07) is 81.5. The van der Waals surface area contributed by atoms with E-state index in [1.807, 2.05) is 18.3 Å². The van der Waals surface area contributed by atoms with E-state index in [0.717, 1.165) is 60.1 Å². The van der Waals surface area contributed by atoms with E-state index >= 15 is 0 Å². The Morgan fingerprint density at radius 1 is 0.474 bits per heavy atom. The molecule has 0 N–H and O–H groups in total. The van der Waals surface area contributed by atoms with Crippen LogP contribution in [0.1, 0.15) is 58.2 Å². The van der Waals surface area contributed by atoms with Crippen LogP contribution in [0.25, 0.3) is 83.3 Å². The van der Waals surface area contributed by atoms with Crippen molar-refractivity contribution in [3.8, 4) is 61.9 Å². The average molecular weight is 1170 g/mol. The SMILES string of the molecule is CC(C)(C)c1ccnc(N2Cc3cc(-n4c5ccccc5c5ccccc54)ccc3-c3ccc(Oc4[c-]c(-n5[c](=[Pt])n(-c6c(-c7ccccc7)cc(C(C)(C)C)cc6-c6ccccc6)c6ccccc65)ccc4)[c-]c32)c1. The third kappa shape index (κ3) is 8.24. The second kappa shape index (κ2) is 18.5. The van der Waals surface area contributed by atoms with Gasteiger partial charge in [-0.15, -0.1) is 0 Å². The molecule has 0 unspecified atom stereocenters. The van der Waals surface area contributed by atoms with Crippen molar-refractivity contribution in [3.05, 3.63) is 245 Å². The molecule has 374 valence electrons. The summed E-state index contributed by atoms with van der Waals surface area (Å²) in [5, 5.41) is 2.49. The van der Waals surface area contributed by atoms with Crippen molar-refractivity contribution in [1.82, 2.24) is 18.7 Å². The molecular formula is C69H55N5OPt-2. The Balaban J connectivity index is 0.926. The summed E-state index contributed by atoms with van der Waals surface area (Å²) in [5.41, 5.74) is 19.0. The first kappa shape index (κ1) is 47.4. The number of rotatable bonds is 8. The van der Waals surface area contributed by atoms with Crippen LogP contribution in [0.5, 0.6) is 11.5 Å². The van der Waals surface area contributed by atoms with E-state index < -0.39 is 0 Å². The van der Waals surface area contributed by atoms with Gasteiger partial charge < -0.3 is 4.57 Å². The van der Waals surface area contributed by atoms with E-state index in [4.69, 9.17) is 9.72 Å². The number of imidazole rings is 1. The maximum atomic E-state index is 6.86. The van der Waals surface area contributed by atoms with Gasteiger partial charge in [-0.3, -0.25) is 0 Å². The molecule has 7 heteroatoms. The molecule has 0 aliphatic carbocycles. The zero-order valence-corrected chi connectivity index (χ0v) is 45.6. The molecule has 3 aromatic heterocycles. The zero-order valence-electron chi connectivity index (χ0n) is 43.4. The predicted molar refractivity (Wildman–Crippen MR) is 308 cm³/mol. The normalized spacial score (nSPS) is 12.6. The average Bonchev–Trinajstić information content (AvgIpc) is 4.07. The third-order valence-electron chi connectivity index (χ3n) is 14.9. The molecule has 9 aromatic carbocycles. The van der Waals surface area contributed by atoms with E-state index in [1.165, 1.54) is 55.2 Å². The van der Waals surface area contributed by atoms with Crippen LogP contribution in [0, 0.1) is 15.9 Å². The van der Waals surface area contributed by atoms with E-state index in [0.29, 0.717) is 18.0 Å². The molecule has 0 saturated heterocycles. The van der Waals surface area contributed by atoms with Crippen LogP contribution in [0.3, 0.4) is 0 Å². The number of para-hydroxylation sites is 4. The minimum absolute atomic E-state index is 0.0686. The van der Waals surface area contributed by atoms with Crippen molar-refractivity contribution in [2.75, 3.05) is 4.90 Å². The van der Waals surface area contributed by atoms with Crippen LogP contribution < -0.4 is 9.64 Å². The van der Waals surface area contributed by atoms with Gasteiger partial charge >= 0.3 is 321 Å². The van der Waals surface area contributed by atoms with E-state index in [2.05, 4.69) is 286 Å². The van der Waals surface area contributed by atoms with Gasteiger partial charge in [0.15, 0.2) is 0 Å². The Labute approximate surface area is 455 Å². The molecule has 0 bridgehead atoms. The first-order chi connectivity index (χ1) is 36.9. The number of hydrogen-bond donors (Lipinski definition) is 0. The van der Waals surface area contributed by atoms with Gasteiger partial charge in [0.05, 0.1) is 11.0 Å². The Bertz CT molecular complexity index is 4170. The number of aromatic nitrogens is 4. The first-order valence-electron chi connectivity index (χ1n) is 26.0. The summed E-state index contributed by atoms with van der Waals surface area (Å²) in [5.74, 6) is 2.05. The number of benzene rings is 9. The molecule has 6 nitrogen and oxygen atoms in total. The van der Waals surface area contributed by atoms with Crippen LogP contribution in [0.2, 0.25) is 0 Å². The van der Waals surface area contributed by atoms with Crippen molar-refractivity contribution in [2.45, 2.75) is 58.9 Å². The number of ether oxygens (including phenoxy) is 1. The third-order valence-corrected chi connectivity index (χ3v) is 15.9. The molecule has 0 atom stereocenters. The Hall–Kier alpha value is -8.31. The number of hydrogen-bond acceptors (Lipinski definition) is 3. The number of fused-ring (bicyclic) bond motifs is 7. The fourth-order valence-electron chi connectivity index (χ4n) is 11.0. The van der Waals surface area contributed by atoms with Crippen LogP contribution in [0.15, 0.2) is 212 Å². The van der Waals surface area contributed by atoms with E-state index in [-0.39, 0.29) is 10.8 Å². The summed E-state index contributed by atoms with van der Waals surface area (Å²) in [4.78, 5) is 7.32. The van der Waals surface area contributed by atoms with Gasteiger partial charge in [-0.25, -0.2) is 0 Å². The van der Waals surface area contributed by atoms with Gasteiger partial charge in [-0.05, 0) is 41.3 Å². The predicted octanol–water partition coefficient (Wildman–Crippen LogP) is 17.6. The van der Waals surface area contributed by atoms with Crippen LogP contribution >= 0.6 is 0 Å². The molecule has 12 aromatic rings. The summed E-state index contributed by atoms with van der Waals surface area (Å²) in [6.45, 7) is 14.2. The van der Waals surface area contributed by atoms with Gasteiger partial charge in [-0.1, -0.05) is 57.2 Å². The molecule has 4 heterocycles. The molecule has 1 aliphatic heterocycles. The van der Waals surface area contributed by atoms with Crippen molar-refractivity contribution in [3.63, 3.8) is 0 Å². The standard InChI is InChI=1S/C69H55N5O.Pt/c1-68(2,3)49-36-37-70-66(41-49)71-44-48-38-52(74-61-28-15-13-26-56(61)57-27-14-16-29-62(57)74)32-34-55(48)58-35-33-54(43-65(58)71)75-53-25-19-24-51(42-53)72-45-73(64-31-18-17-30-63(64)72)67-59(46-20-9-7-10-21-46)39-50(69(4,5)6)40-60(67)47-22-11-8-12-23-47;/h7-41H,44H2,1-6H3;/q-2;. The van der Waals surface area contributed by atoms with Gasteiger partial charge in [0.25, 0.3) is 0 Å². The van der Waals surface area contributed by atoms with Gasteiger partial charge in [0, 0.05) is 22.7 Å². The molecular weight excluding hydrogens is 1110 g/mol. The quantitative estimate of drug-likeness (QED) is 0.142. The summed E-state index contributed by atoms with van der Waals surface area (Å²) in [7, 11) is 0. The fraction of sp³-hybridized carbons (Fsp3) is 0.130.